The first-order valence-electron chi connectivity index (χ1n) is 3.61. The van der Waals surface area contributed by atoms with Crippen molar-refractivity contribution in [2.45, 2.75) is 4.90 Å². The van der Waals surface area contributed by atoms with E-state index in [1.807, 2.05) is 0 Å². The molecule has 0 aromatic heterocycles. The Morgan fingerprint density at radius 1 is 0.941 bits per heavy atom. The Balaban J connectivity index is 0.00000256. The van der Waals surface area contributed by atoms with Crippen LogP contribution in [0.1, 0.15) is 0 Å². The van der Waals surface area contributed by atoms with Gasteiger partial charge in [0.05, 0.1) is 20.8 Å². The molecule has 17 heavy (non-hydrogen) atoms. The van der Waals surface area contributed by atoms with Crippen LogP contribution in [0.4, 0.5) is 11.4 Å². The minimum absolute atomic E-state index is 0. The summed E-state index contributed by atoms with van der Waals surface area (Å²) < 4.78 is 31.7. The second-order valence-electron chi connectivity index (χ2n) is 2.65. The topological polar surface area (TPSA) is 143 Å². The van der Waals surface area contributed by atoms with Gasteiger partial charge in [0.2, 0.25) is 0 Å². The van der Waals surface area contributed by atoms with Crippen LogP contribution in [0.5, 0.6) is 0 Å². The van der Waals surface area contributed by atoms with E-state index in [-0.39, 0.29) is 51.4 Å². The quantitative estimate of drug-likeness (QED) is 0.256. The van der Waals surface area contributed by atoms with Crippen molar-refractivity contribution in [2.75, 3.05) is 0 Å². The molecule has 1 aromatic carbocycles. The molecule has 0 heterocycles. The van der Waals surface area contributed by atoms with Crippen molar-refractivity contribution in [3.63, 3.8) is 0 Å². The van der Waals surface area contributed by atoms with Gasteiger partial charge in [-0.15, -0.1) is 0 Å². The van der Waals surface area contributed by atoms with Crippen LogP contribution in [-0.2, 0) is 10.1 Å². The number of nitro groups is 2. The van der Waals surface area contributed by atoms with Crippen LogP contribution in [0.3, 0.4) is 0 Å². The molecule has 0 saturated carbocycles. The third kappa shape index (κ3) is 4.38. The predicted molar refractivity (Wildman–Crippen MR) is 47.7 cm³/mol. The molecule has 0 aliphatic carbocycles. The fourth-order valence-corrected chi connectivity index (χ4v) is 1.45. The molecule has 11 heteroatoms. The van der Waals surface area contributed by atoms with Crippen molar-refractivity contribution < 1.29 is 74.2 Å². The van der Waals surface area contributed by atoms with E-state index in [4.69, 9.17) is 0 Å². The fraction of sp³-hybridized carbons (Fsp3) is 0. The van der Waals surface area contributed by atoms with Gasteiger partial charge in [-0.1, -0.05) is 0 Å². The molecular weight excluding hydrogens is 283 g/mol. The van der Waals surface area contributed by atoms with Crippen molar-refractivity contribution in [3.05, 3.63) is 38.4 Å². The Labute approximate surface area is 137 Å². The average Bonchev–Trinajstić information content (AvgIpc) is 2.15. The van der Waals surface area contributed by atoms with Crippen molar-refractivity contribution >= 4 is 21.5 Å². The Morgan fingerprint density at radius 2 is 1.29 bits per heavy atom. The fourth-order valence-electron chi connectivity index (χ4n) is 0.923. The summed E-state index contributed by atoms with van der Waals surface area (Å²) in [7, 11) is -4.97. The molecule has 0 saturated heterocycles. The maximum Gasteiger partial charge on any atom is 1.00 e. The van der Waals surface area contributed by atoms with Crippen LogP contribution in [0.25, 0.3) is 0 Å². The molecule has 0 aliphatic heterocycles. The van der Waals surface area contributed by atoms with E-state index in [2.05, 4.69) is 0 Å². The first-order chi connectivity index (χ1) is 7.21. The first-order valence-corrected chi connectivity index (χ1v) is 5.02. The Morgan fingerprint density at radius 3 is 1.53 bits per heavy atom. The number of hydrogen-bond donors (Lipinski definition) is 0. The SMILES string of the molecule is O=[N+]([O-])c1cc([N+](=O)[O-])cc(S(=O)(=O)[O-])c1.[K+]. The molecule has 9 nitrogen and oxygen atoms in total. The molecule has 0 fully saturated rings. The number of benzene rings is 1. The normalized spacial score (nSPS) is 10.4. The number of non-ortho nitro benzene ring substituents is 2. The van der Waals surface area contributed by atoms with Crippen molar-refractivity contribution in [1.82, 2.24) is 0 Å². The van der Waals surface area contributed by atoms with Crippen LogP contribution < -0.4 is 51.4 Å². The first kappa shape index (κ1) is 16.6. The van der Waals surface area contributed by atoms with E-state index >= 15 is 0 Å². The van der Waals surface area contributed by atoms with Gasteiger partial charge in [-0.05, 0) is 0 Å². The molecule has 0 aliphatic rings. The van der Waals surface area contributed by atoms with Gasteiger partial charge in [-0.3, -0.25) is 20.2 Å². The van der Waals surface area contributed by atoms with Gasteiger partial charge in [-0.25, -0.2) is 8.42 Å². The van der Waals surface area contributed by atoms with E-state index < -0.39 is 36.2 Å². The zero-order valence-electron chi connectivity index (χ0n) is 8.39. The minimum Gasteiger partial charge on any atom is -0.744 e. The van der Waals surface area contributed by atoms with Gasteiger partial charge in [0, 0.05) is 12.1 Å². The molecule has 86 valence electrons. The van der Waals surface area contributed by atoms with Gasteiger partial charge in [-0.2, -0.15) is 0 Å². The van der Waals surface area contributed by atoms with Gasteiger partial charge in [0.25, 0.3) is 11.4 Å². The second-order valence-corrected chi connectivity index (χ2v) is 4.03. The van der Waals surface area contributed by atoms with Crippen LogP contribution >= 0.6 is 0 Å². The smallest absolute Gasteiger partial charge is 0.744 e. The molecule has 0 spiro atoms. The molecule has 0 atom stereocenters. The van der Waals surface area contributed by atoms with Gasteiger partial charge in [0.1, 0.15) is 10.1 Å². The number of hydrogen-bond acceptors (Lipinski definition) is 7. The summed E-state index contributed by atoms with van der Waals surface area (Å²) in [6.45, 7) is 0. The van der Waals surface area contributed by atoms with E-state index in [0.717, 1.165) is 0 Å². The predicted octanol–water partition coefficient (Wildman–Crippen LogP) is -2.59. The number of nitrogens with zero attached hydrogens (tertiary/aromatic N) is 2. The standard InChI is InChI=1S/C6H4N2O7S.K/c9-7(10)4-1-5(8(11)12)3-6(2-4)16(13,14)15;/h1-3H,(H,13,14,15);/q;+1/p-1. The van der Waals surface area contributed by atoms with Crippen molar-refractivity contribution in [2.24, 2.45) is 0 Å². The van der Waals surface area contributed by atoms with Gasteiger partial charge in [0.15, 0.2) is 0 Å². The third-order valence-corrected chi connectivity index (χ3v) is 2.40. The largest absolute Gasteiger partial charge is 1.00 e. The monoisotopic (exact) mass is 286 g/mol. The van der Waals surface area contributed by atoms with Crippen LogP contribution in [0, 0.1) is 20.2 Å². The van der Waals surface area contributed by atoms with Gasteiger partial charge < -0.3 is 4.55 Å². The Bertz CT molecular complexity index is 537. The van der Waals surface area contributed by atoms with E-state index in [9.17, 15) is 33.2 Å². The second kappa shape index (κ2) is 5.95. The van der Waals surface area contributed by atoms with Crippen LogP contribution in [-0.4, -0.2) is 22.8 Å². The van der Waals surface area contributed by atoms with E-state index in [0.29, 0.717) is 18.2 Å². The summed E-state index contributed by atoms with van der Waals surface area (Å²) in [5, 5.41) is 20.7. The van der Waals surface area contributed by atoms with Crippen molar-refractivity contribution in [3.8, 4) is 0 Å². The average molecular weight is 286 g/mol. The van der Waals surface area contributed by atoms with Crippen LogP contribution in [0.15, 0.2) is 23.1 Å². The summed E-state index contributed by atoms with van der Waals surface area (Å²) in [6.07, 6.45) is 0. The van der Waals surface area contributed by atoms with Crippen molar-refractivity contribution in [1.29, 1.82) is 0 Å². The molecular formula is C6H3KN2O7S. The number of rotatable bonds is 3. The Hall–Kier alpha value is -0.434. The maximum atomic E-state index is 10.6. The molecule has 0 N–H and O–H groups in total. The molecule has 0 unspecified atom stereocenters. The van der Waals surface area contributed by atoms with Crippen LogP contribution in [0.2, 0.25) is 0 Å². The summed E-state index contributed by atoms with van der Waals surface area (Å²) in [4.78, 5) is 17.6. The molecule has 0 radical (unpaired) electrons. The van der Waals surface area contributed by atoms with Gasteiger partial charge >= 0.3 is 51.4 Å². The Kier molecular flexibility index (Phi) is 5.80. The molecule has 0 amide bonds. The summed E-state index contributed by atoms with van der Waals surface area (Å²) in [6, 6.07) is 1.50. The maximum absolute atomic E-state index is 10.6. The number of nitro benzene ring substituents is 2. The minimum atomic E-state index is -4.97. The summed E-state index contributed by atoms with van der Waals surface area (Å²) in [5.74, 6) is 0. The third-order valence-electron chi connectivity index (χ3n) is 1.59. The summed E-state index contributed by atoms with van der Waals surface area (Å²) >= 11 is 0. The van der Waals surface area contributed by atoms with E-state index in [1.54, 1.807) is 0 Å². The summed E-state index contributed by atoms with van der Waals surface area (Å²) in [5.41, 5.74) is -1.66. The zero-order chi connectivity index (χ0) is 12.5. The molecule has 0 bridgehead atoms. The van der Waals surface area contributed by atoms with E-state index in [1.165, 1.54) is 0 Å². The molecule has 1 aromatic rings. The molecule has 1 rings (SSSR count). The zero-order valence-corrected chi connectivity index (χ0v) is 12.3.